The van der Waals surface area contributed by atoms with Crippen LogP contribution in [0.15, 0.2) is 24.3 Å². The van der Waals surface area contributed by atoms with Crippen LogP contribution in [0, 0.1) is 0 Å². The van der Waals surface area contributed by atoms with Gasteiger partial charge < -0.3 is 5.32 Å². The zero-order valence-electron chi connectivity index (χ0n) is 11.2. The first-order valence-corrected chi connectivity index (χ1v) is 8.46. The Hall–Kier alpha value is -0.180. The zero-order valence-corrected chi connectivity index (χ0v) is 12.7. The highest BCUT2D eigenvalue weighted by atomic mass is 35.5. The maximum atomic E-state index is 6.03. The van der Waals surface area contributed by atoms with E-state index in [1.165, 1.54) is 30.6 Å². The SMILES string of the molecule is CSCCC(C)NC1CC(c2cccc(Cl)c2)C1. The second-order valence-electron chi connectivity index (χ2n) is 5.27. The van der Waals surface area contributed by atoms with Gasteiger partial charge in [0.05, 0.1) is 0 Å². The highest BCUT2D eigenvalue weighted by Gasteiger charge is 2.30. The van der Waals surface area contributed by atoms with Crippen molar-refractivity contribution in [3.63, 3.8) is 0 Å². The van der Waals surface area contributed by atoms with Gasteiger partial charge in [-0.25, -0.2) is 0 Å². The van der Waals surface area contributed by atoms with E-state index >= 15 is 0 Å². The third-order valence-corrected chi connectivity index (χ3v) is 4.61. The molecule has 1 unspecified atom stereocenters. The van der Waals surface area contributed by atoms with Crippen LogP contribution in [-0.2, 0) is 0 Å². The summed E-state index contributed by atoms with van der Waals surface area (Å²) < 4.78 is 0. The molecule has 0 aromatic heterocycles. The van der Waals surface area contributed by atoms with Crippen molar-refractivity contribution in [2.45, 2.75) is 44.2 Å². The van der Waals surface area contributed by atoms with E-state index in [1.54, 1.807) is 0 Å². The lowest BCUT2D eigenvalue weighted by Gasteiger charge is -2.38. The van der Waals surface area contributed by atoms with Gasteiger partial charge in [-0.1, -0.05) is 23.7 Å². The number of thioether (sulfide) groups is 1. The molecule has 2 rings (SSSR count). The van der Waals surface area contributed by atoms with Gasteiger partial charge in [-0.15, -0.1) is 0 Å². The van der Waals surface area contributed by atoms with Crippen molar-refractivity contribution in [2.75, 3.05) is 12.0 Å². The first-order valence-electron chi connectivity index (χ1n) is 6.69. The van der Waals surface area contributed by atoms with E-state index in [2.05, 4.69) is 36.7 Å². The molecular formula is C15H22ClNS. The summed E-state index contributed by atoms with van der Waals surface area (Å²) in [6.07, 6.45) is 5.94. The quantitative estimate of drug-likeness (QED) is 0.835. The van der Waals surface area contributed by atoms with Gasteiger partial charge in [-0.2, -0.15) is 11.8 Å². The molecule has 0 amide bonds. The first kappa shape index (κ1) is 14.2. The highest BCUT2D eigenvalue weighted by molar-refractivity contribution is 7.98. The normalized spacial score (nSPS) is 24.6. The van der Waals surface area contributed by atoms with Gasteiger partial charge in [0.15, 0.2) is 0 Å². The molecule has 0 radical (unpaired) electrons. The van der Waals surface area contributed by atoms with Crippen molar-refractivity contribution in [2.24, 2.45) is 0 Å². The van der Waals surface area contributed by atoms with E-state index in [1.807, 2.05) is 17.8 Å². The van der Waals surface area contributed by atoms with E-state index in [4.69, 9.17) is 11.6 Å². The number of halogens is 1. The lowest BCUT2D eigenvalue weighted by molar-refractivity contribution is 0.268. The molecule has 1 aliphatic rings. The molecule has 0 saturated heterocycles. The van der Waals surface area contributed by atoms with Crippen LogP contribution in [0.3, 0.4) is 0 Å². The van der Waals surface area contributed by atoms with Crippen LogP contribution < -0.4 is 5.32 Å². The van der Waals surface area contributed by atoms with Gasteiger partial charge in [0.1, 0.15) is 0 Å². The Morgan fingerprint density at radius 3 is 2.89 bits per heavy atom. The summed E-state index contributed by atoms with van der Waals surface area (Å²) >= 11 is 7.96. The minimum absolute atomic E-state index is 0.641. The summed E-state index contributed by atoms with van der Waals surface area (Å²) in [4.78, 5) is 0. The molecule has 1 saturated carbocycles. The summed E-state index contributed by atoms with van der Waals surface area (Å²) in [7, 11) is 0. The molecule has 1 atom stereocenters. The maximum Gasteiger partial charge on any atom is 0.0408 e. The minimum atomic E-state index is 0.641. The summed E-state index contributed by atoms with van der Waals surface area (Å²) in [5, 5.41) is 4.58. The molecular weight excluding hydrogens is 262 g/mol. The summed E-state index contributed by atoms with van der Waals surface area (Å²) in [6, 6.07) is 9.65. The zero-order chi connectivity index (χ0) is 13.0. The van der Waals surface area contributed by atoms with Gasteiger partial charge in [-0.05, 0) is 61.8 Å². The third kappa shape index (κ3) is 3.91. The lowest BCUT2D eigenvalue weighted by atomic mass is 9.75. The van der Waals surface area contributed by atoms with Crippen LogP contribution in [0.2, 0.25) is 5.02 Å². The van der Waals surface area contributed by atoms with Gasteiger partial charge in [0, 0.05) is 17.1 Å². The molecule has 100 valence electrons. The third-order valence-electron chi connectivity index (χ3n) is 3.73. The second-order valence-corrected chi connectivity index (χ2v) is 6.69. The Morgan fingerprint density at radius 1 is 1.44 bits per heavy atom. The molecule has 3 heteroatoms. The Labute approximate surface area is 120 Å². The smallest absolute Gasteiger partial charge is 0.0408 e. The standard InChI is InChI=1S/C15H22ClNS/c1-11(6-7-18-2)17-15-9-13(10-15)12-4-3-5-14(16)8-12/h3-5,8,11,13,15,17H,6-7,9-10H2,1-2H3. The molecule has 0 aliphatic heterocycles. The van der Waals surface area contributed by atoms with Crippen LogP contribution in [0.25, 0.3) is 0 Å². The van der Waals surface area contributed by atoms with Crippen molar-refractivity contribution >= 4 is 23.4 Å². The Kier molecular flexibility index (Phi) is 5.40. The predicted octanol–water partition coefficient (Wildman–Crippen LogP) is 4.32. The molecule has 0 bridgehead atoms. The average molecular weight is 284 g/mol. The number of hydrogen-bond donors (Lipinski definition) is 1. The van der Waals surface area contributed by atoms with Crippen LogP contribution in [0.1, 0.15) is 37.7 Å². The molecule has 1 N–H and O–H groups in total. The van der Waals surface area contributed by atoms with E-state index in [9.17, 15) is 0 Å². The van der Waals surface area contributed by atoms with Gasteiger partial charge in [-0.3, -0.25) is 0 Å². The van der Waals surface area contributed by atoms with Crippen molar-refractivity contribution in [3.05, 3.63) is 34.9 Å². The highest BCUT2D eigenvalue weighted by Crippen LogP contribution is 2.37. The molecule has 1 aromatic carbocycles. The van der Waals surface area contributed by atoms with Crippen LogP contribution in [0.5, 0.6) is 0 Å². The summed E-state index contributed by atoms with van der Waals surface area (Å²) in [6.45, 7) is 2.29. The predicted molar refractivity (Wildman–Crippen MR) is 82.8 cm³/mol. The van der Waals surface area contributed by atoms with Crippen molar-refractivity contribution in [1.29, 1.82) is 0 Å². The van der Waals surface area contributed by atoms with E-state index < -0.39 is 0 Å². The monoisotopic (exact) mass is 283 g/mol. The molecule has 0 spiro atoms. The van der Waals surface area contributed by atoms with E-state index in [-0.39, 0.29) is 0 Å². The Balaban J connectivity index is 1.73. The Bertz CT molecular complexity index is 377. The number of hydrogen-bond acceptors (Lipinski definition) is 2. The van der Waals surface area contributed by atoms with Crippen molar-refractivity contribution in [1.82, 2.24) is 5.32 Å². The molecule has 1 fully saturated rings. The largest absolute Gasteiger partial charge is 0.311 e. The van der Waals surface area contributed by atoms with Gasteiger partial charge >= 0.3 is 0 Å². The molecule has 18 heavy (non-hydrogen) atoms. The number of nitrogens with one attached hydrogen (secondary N) is 1. The fraction of sp³-hybridized carbons (Fsp3) is 0.600. The van der Waals surface area contributed by atoms with Crippen molar-refractivity contribution < 1.29 is 0 Å². The molecule has 1 aliphatic carbocycles. The maximum absolute atomic E-state index is 6.03. The summed E-state index contributed by atoms with van der Waals surface area (Å²) in [5.74, 6) is 1.95. The Morgan fingerprint density at radius 2 is 2.22 bits per heavy atom. The van der Waals surface area contributed by atoms with Crippen LogP contribution >= 0.6 is 23.4 Å². The fourth-order valence-electron chi connectivity index (χ4n) is 2.57. The van der Waals surface area contributed by atoms with Crippen LogP contribution in [-0.4, -0.2) is 24.1 Å². The summed E-state index contributed by atoms with van der Waals surface area (Å²) in [5.41, 5.74) is 1.40. The average Bonchev–Trinajstić information content (AvgIpc) is 2.30. The fourth-order valence-corrected chi connectivity index (χ4v) is 3.35. The molecule has 1 nitrogen and oxygen atoms in total. The number of rotatable bonds is 6. The van der Waals surface area contributed by atoms with E-state index in [0.29, 0.717) is 18.0 Å². The van der Waals surface area contributed by atoms with Crippen LogP contribution in [0.4, 0.5) is 0 Å². The topological polar surface area (TPSA) is 12.0 Å². The molecule has 1 aromatic rings. The number of benzene rings is 1. The van der Waals surface area contributed by atoms with E-state index in [0.717, 1.165) is 5.02 Å². The minimum Gasteiger partial charge on any atom is -0.311 e. The second kappa shape index (κ2) is 6.83. The van der Waals surface area contributed by atoms with Gasteiger partial charge in [0.25, 0.3) is 0 Å². The van der Waals surface area contributed by atoms with Crippen molar-refractivity contribution in [3.8, 4) is 0 Å². The molecule has 0 heterocycles. The lowest BCUT2D eigenvalue weighted by Crippen LogP contribution is -2.44. The first-order chi connectivity index (χ1) is 8.69. The van der Waals surface area contributed by atoms with Gasteiger partial charge in [0.2, 0.25) is 0 Å².